The van der Waals surface area contributed by atoms with Crippen LogP contribution in [0.2, 0.25) is 0 Å². The van der Waals surface area contributed by atoms with Crippen LogP contribution in [0.1, 0.15) is 52.9 Å². The van der Waals surface area contributed by atoms with Crippen LogP contribution < -0.4 is 0 Å². The van der Waals surface area contributed by atoms with Crippen LogP contribution in [0.5, 0.6) is 0 Å². The van der Waals surface area contributed by atoms with E-state index < -0.39 is 0 Å². The number of para-hydroxylation sites is 1. The number of likely N-dealkylation sites (N-methyl/N-ethyl adjacent to an activating group) is 1. The lowest BCUT2D eigenvalue weighted by molar-refractivity contribution is 0.0881. The van der Waals surface area contributed by atoms with Gasteiger partial charge in [0.2, 0.25) is 5.91 Å². The topological polar surface area (TPSA) is 25.2 Å². The highest BCUT2D eigenvalue weighted by molar-refractivity contribution is 5.95. The third-order valence-corrected chi connectivity index (χ3v) is 5.84. The van der Waals surface area contributed by atoms with Crippen molar-refractivity contribution < 1.29 is 4.79 Å². The highest BCUT2D eigenvalue weighted by Crippen LogP contribution is 2.34. The summed E-state index contributed by atoms with van der Waals surface area (Å²) in [5.74, 6) is 0.154. The molecule has 0 N–H and O–H groups in total. The Morgan fingerprint density at radius 2 is 1.66 bits per heavy atom. The van der Waals surface area contributed by atoms with Crippen molar-refractivity contribution in [1.29, 1.82) is 0 Å². The smallest absolute Gasteiger partial charge is 0.231 e. The maximum atomic E-state index is 13.4. The van der Waals surface area contributed by atoms with Crippen LogP contribution >= 0.6 is 0 Å². The van der Waals surface area contributed by atoms with E-state index >= 15 is 0 Å². The van der Waals surface area contributed by atoms with Gasteiger partial charge in [0.25, 0.3) is 0 Å². The minimum Gasteiger partial charge on any atom is -0.309 e. The molecule has 0 atom stereocenters. The Morgan fingerprint density at radius 1 is 1.03 bits per heavy atom. The number of aryl methyl sites for hydroxylation is 3. The molecule has 0 saturated carbocycles. The van der Waals surface area contributed by atoms with Crippen molar-refractivity contribution in [2.45, 2.75) is 52.9 Å². The number of nitrogens with zero attached hydrogens (tertiary/aromatic N) is 2. The van der Waals surface area contributed by atoms with Crippen molar-refractivity contribution >= 4 is 16.8 Å². The van der Waals surface area contributed by atoms with Gasteiger partial charge in [-0.25, -0.2) is 0 Å². The van der Waals surface area contributed by atoms with Gasteiger partial charge in [-0.05, 0) is 75.0 Å². The van der Waals surface area contributed by atoms with Gasteiger partial charge in [-0.3, -0.25) is 9.36 Å². The van der Waals surface area contributed by atoms with E-state index in [1.807, 2.05) is 10.6 Å². The summed E-state index contributed by atoms with van der Waals surface area (Å²) >= 11 is 0. The summed E-state index contributed by atoms with van der Waals surface area (Å²) in [7, 11) is 4.16. The van der Waals surface area contributed by atoms with E-state index in [1.165, 1.54) is 33.2 Å². The van der Waals surface area contributed by atoms with Crippen LogP contribution in [0, 0.1) is 20.8 Å². The predicted octanol–water partition coefficient (Wildman–Crippen LogP) is 5.68. The number of fused-ring (bicyclic) bond motifs is 1. The van der Waals surface area contributed by atoms with Crippen molar-refractivity contribution in [3.63, 3.8) is 0 Å². The van der Waals surface area contributed by atoms with Gasteiger partial charge in [0, 0.05) is 24.5 Å². The Morgan fingerprint density at radius 3 is 2.28 bits per heavy atom. The molecule has 3 nitrogen and oxygen atoms in total. The number of rotatable bonds is 6. The molecule has 1 heterocycles. The lowest BCUT2D eigenvalue weighted by Crippen LogP contribution is -2.27. The van der Waals surface area contributed by atoms with Crippen LogP contribution in [0.15, 0.2) is 42.6 Å². The number of benzene rings is 2. The van der Waals surface area contributed by atoms with Gasteiger partial charge in [-0.2, -0.15) is 0 Å². The Balaban J connectivity index is 1.96. The van der Waals surface area contributed by atoms with E-state index in [9.17, 15) is 4.79 Å². The summed E-state index contributed by atoms with van der Waals surface area (Å²) in [6, 6.07) is 12.7. The molecule has 0 aliphatic heterocycles. The first-order valence-corrected chi connectivity index (χ1v) is 10.5. The van der Waals surface area contributed by atoms with E-state index in [0.717, 1.165) is 18.5 Å². The maximum Gasteiger partial charge on any atom is 0.231 e. The molecule has 0 spiro atoms. The SMILES string of the molecule is Cc1cc(C)c(C(C)(C)CC(=O)n2cc(CCN(C)C)c3ccccc32)c(C)c1. The fourth-order valence-electron chi connectivity index (χ4n) is 4.80. The molecule has 0 aliphatic carbocycles. The quantitative estimate of drug-likeness (QED) is 0.541. The molecule has 3 heteroatoms. The van der Waals surface area contributed by atoms with Crippen molar-refractivity contribution in [3.8, 4) is 0 Å². The predicted molar refractivity (Wildman–Crippen MR) is 123 cm³/mol. The number of aromatic nitrogens is 1. The number of carbonyl (C=O) groups is 1. The van der Waals surface area contributed by atoms with Crippen LogP contribution in [-0.4, -0.2) is 36.0 Å². The normalized spacial score (nSPS) is 12.1. The molecule has 154 valence electrons. The van der Waals surface area contributed by atoms with E-state index in [4.69, 9.17) is 0 Å². The van der Waals surface area contributed by atoms with Gasteiger partial charge in [0.1, 0.15) is 0 Å². The van der Waals surface area contributed by atoms with Gasteiger partial charge in [0.15, 0.2) is 0 Å². The molecular formula is C26H34N2O. The van der Waals surface area contributed by atoms with E-state index in [-0.39, 0.29) is 11.3 Å². The summed E-state index contributed by atoms with van der Waals surface area (Å²) in [5.41, 5.74) is 7.12. The average Bonchev–Trinajstić information content (AvgIpc) is 2.97. The van der Waals surface area contributed by atoms with Crippen LogP contribution in [0.4, 0.5) is 0 Å². The standard InChI is InChI=1S/C26H34N2O/c1-18-14-19(2)25(20(3)15-18)26(4,5)16-24(29)28-17-21(12-13-27(6)7)22-10-8-9-11-23(22)28/h8-11,14-15,17H,12-13,16H2,1-7H3. The Bertz CT molecular complexity index is 1020. The first-order valence-electron chi connectivity index (χ1n) is 10.5. The highest BCUT2D eigenvalue weighted by atomic mass is 16.2. The molecule has 3 aromatic rings. The number of carbonyl (C=O) groups excluding carboxylic acids is 1. The molecular weight excluding hydrogens is 356 g/mol. The Kier molecular flexibility index (Phi) is 6.00. The largest absolute Gasteiger partial charge is 0.309 e. The second kappa shape index (κ2) is 8.16. The first kappa shape index (κ1) is 21.3. The van der Waals surface area contributed by atoms with Gasteiger partial charge in [0.05, 0.1) is 5.52 Å². The molecule has 0 radical (unpaired) electrons. The van der Waals surface area contributed by atoms with Crippen molar-refractivity contribution in [2.75, 3.05) is 20.6 Å². The van der Waals surface area contributed by atoms with Crippen LogP contribution in [-0.2, 0) is 11.8 Å². The maximum absolute atomic E-state index is 13.4. The Hall–Kier alpha value is -2.39. The Labute approximate surface area is 175 Å². The number of hydrogen-bond donors (Lipinski definition) is 0. The minimum atomic E-state index is -0.228. The molecule has 29 heavy (non-hydrogen) atoms. The van der Waals surface area contributed by atoms with Gasteiger partial charge in [-0.1, -0.05) is 49.7 Å². The minimum absolute atomic E-state index is 0.154. The number of hydrogen-bond acceptors (Lipinski definition) is 2. The van der Waals surface area contributed by atoms with Crippen LogP contribution in [0.25, 0.3) is 10.9 Å². The monoisotopic (exact) mass is 390 g/mol. The van der Waals surface area contributed by atoms with E-state index in [2.05, 4.69) is 90.1 Å². The lowest BCUT2D eigenvalue weighted by atomic mass is 9.76. The van der Waals surface area contributed by atoms with Crippen LogP contribution in [0.3, 0.4) is 0 Å². The molecule has 0 saturated heterocycles. The molecule has 0 amide bonds. The average molecular weight is 391 g/mol. The summed E-state index contributed by atoms with van der Waals surface area (Å²) in [6.07, 6.45) is 3.47. The van der Waals surface area contributed by atoms with Gasteiger partial charge >= 0.3 is 0 Å². The zero-order valence-corrected chi connectivity index (χ0v) is 19.0. The zero-order valence-electron chi connectivity index (χ0n) is 19.0. The summed E-state index contributed by atoms with van der Waals surface area (Å²) < 4.78 is 1.88. The fourth-order valence-corrected chi connectivity index (χ4v) is 4.80. The molecule has 0 unspecified atom stereocenters. The van der Waals surface area contributed by atoms with Gasteiger partial charge in [-0.15, -0.1) is 0 Å². The molecule has 0 fully saturated rings. The van der Waals surface area contributed by atoms with Crippen molar-refractivity contribution in [3.05, 3.63) is 70.4 Å². The molecule has 2 aromatic carbocycles. The molecule has 0 aliphatic rings. The first-order chi connectivity index (χ1) is 13.6. The highest BCUT2D eigenvalue weighted by Gasteiger charge is 2.29. The lowest BCUT2D eigenvalue weighted by Gasteiger charge is -2.29. The van der Waals surface area contributed by atoms with Gasteiger partial charge < -0.3 is 4.90 Å². The summed E-state index contributed by atoms with van der Waals surface area (Å²) in [5, 5.41) is 1.18. The molecule has 1 aromatic heterocycles. The molecule has 0 bridgehead atoms. The van der Waals surface area contributed by atoms with Crippen molar-refractivity contribution in [1.82, 2.24) is 9.47 Å². The zero-order chi connectivity index (χ0) is 21.3. The second-order valence-electron chi connectivity index (χ2n) is 9.32. The fraction of sp³-hybridized carbons (Fsp3) is 0.423. The second-order valence-corrected chi connectivity index (χ2v) is 9.32. The van der Waals surface area contributed by atoms with E-state index in [0.29, 0.717) is 6.42 Å². The third kappa shape index (κ3) is 4.45. The van der Waals surface area contributed by atoms with Crippen molar-refractivity contribution in [2.24, 2.45) is 0 Å². The molecule has 3 rings (SSSR count). The summed E-state index contributed by atoms with van der Waals surface area (Å²) in [6.45, 7) is 11.8. The summed E-state index contributed by atoms with van der Waals surface area (Å²) in [4.78, 5) is 15.6. The third-order valence-electron chi connectivity index (χ3n) is 5.84. The van der Waals surface area contributed by atoms with E-state index in [1.54, 1.807) is 0 Å².